The number of primary amides is 1. The Morgan fingerprint density at radius 1 is 1.30 bits per heavy atom. The maximum Gasteiger partial charge on any atom is 0.265 e. The van der Waals surface area contributed by atoms with Crippen molar-refractivity contribution in [2.45, 2.75) is 40.0 Å². The fourth-order valence-electron chi connectivity index (χ4n) is 4.45. The van der Waals surface area contributed by atoms with Gasteiger partial charge in [-0.15, -0.1) is 0 Å². The highest BCUT2D eigenvalue weighted by Gasteiger charge is 2.30. The van der Waals surface area contributed by atoms with E-state index in [1.807, 2.05) is 0 Å². The highest BCUT2D eigenvalue weighted by Crippen LogP contribution is 2.41. The Hall–Kier alpha value is -3.15. The number of pyridine rings is 1. The molecule has 1 atom stereocenters. The minimum atomic E-state index is -0.577. The summed E-state index contributed by atoms with van der Waals surface area (Å²) in [4.78, 5) is 31.8. The number of nitrogens with zero attached hydrogens (tertiary/aromatic N) is 1. The van der Waals surface area contributed by atoms with Crippen molar-refractivity contribution in [3.05, 3.63) is 46.8 Å². The maximum atomic E-state index is 12.3. The summed E-state index contributed by atoms with van der Waals surface area (Å²) in [5.74, 6) is 0.557. The molecule has 6 nitrogen and oxygen atoms in total. The third-order valence-corrected chi connectivity index (χ3v) is 6.23. The van der Waals surface area contributed by atoms with Gasteiger partial charge in [0.1, 0.15) is 17.7 Å². The van der Waals surface area contributed by atoms with Crippen molar-refractivity contribution < 1.29 is 14.3 Å². The Morgan fingerprint density at radius 2 is 2.07 bits per heavy atom. The van der Waals surface area contributed by atoms with Crippen LogP contribution < -0.4 is 10.5 Å². The van der Waals surface area contributed by atoms with E-state index in [-0.39, 0.29) is 11.1 Å². The zero-order valence-corrected chi connectivity index (χ0v) is 17.8. The molecule has 3 aromatic rings. The molecule has 1 aliphatic carbocycles. The van der Waals surface area contributed by atoms with Crippen LogP contribution in [0.2, 0.25) is 0 Å². The number of aromatic nitrogens is 2. The SMILES string of the molecule is COc1ccc(C=O)cc1-c1c(C(N)=O)[nH]c2cc3c(nc12)CCC(C(C)(C)C)C3. The minimum absolute atomic E-state index is 0.231. The van der Waals surface area contributed by atoms with Crippen molar-refractivity contribution in [2.24, 2.45) is 17.1 Å². The molecule has 30 heavy (non-hydrogen) atoms. The Bertz CT molecular complexity index is 1150. The molecule has 0 radical (unpaired) electrons. The van der Waals surface area contributed by atoms with Gasteiger partial charge >= 0.3 is 0 Å². The van der Waals surface area contributed by atoms with Crippen LogP contribution in [0.4, 0.5) is 0 Å². The number of H-pyrrole nitrogens is 1. The number of hydrogen-bond donors (Lipinski definition) is 2. The summed E-state index contributed by atoms with van der Waals surface area (Å²) in [5.41, 5.74) is 11.6. The third-order valence-electron chi connectivity index (χ3n) is 6.23. The largest absolute Gasteiger partial charge is 0.496 e. The van der Waals surface area contributed by atoms with Crippen LogP contribution in [0.15, 0.2) is 24.3 Å². The van der Waals surface area contributed by atoms with E-state index in [0.29, 0.717) is 33.9 Å². The molecule has 0 aliphatic heterocycles. The van der Waals surface area contributed by atoms with Crippen LogP contribution in [-0.2, 0) is 12.8 Å². The summed E-state index contributed by atoms with van der Waals surface area (Å²) >= 11 is 0. The van der Waals surface area contributed by atoms with Crippen molar-refractivity contribution >= 4 is 23.2 Å². The topological polar surface area (TPSA) is 98.1 Å². The molecule has 2 heterocycles. The quantitative estimate of drug-likeness (QED) is 0.632. The molecule has 4 rings (SSSR count). The second-order valence-corrected chi connectivity index (χ2v) is 9.11. The van der Waals surface area contributed by atoms with Gasteiger partial charge in [-0.2, -0.15) is 0 Å². The number of aldehydes is 1. The fourth-order valence-corrected chi connectivity index (χ4v) is 4.45. The monoisotopic (exact) mass is 405 g/mol. The molecule has 1 unspecified atom stereocenters. The van der Waals surface area contributed by atoms with E-state index in [1.54, 1.807) is 25.3 Å². The van der Waals surface area contributed by atoms with Crippen molar-refractivity contribution in [1.29, 1.82) is 0 Å². The second kappa shape index (κ2) is 7.27. The van der Waals surface area contributed by atoms with Gasteiger partial charge in [0.25, 0.3) is 5.91 Å². The predicted octanol–water partition coefficient (Wildman–Crippen LogP) is 4.30. The number of carbonyl (C=O) groups is 2. The molecule has 6 heteroatoms. The number of aryl methyl sites for hydroxylation is 1. The summed E-state index contributed by atoms with van der Waals surface area (Å²) in [5, 5.41) is 0. The number of aromatic amines is 1. The van der Waals surface area contributed by atoms with Crippen LogP contribution in [0.5, 0.6) is 5.75 Å². The molecule has 2 aromatic heterocycles. The minimum Gasteiger partial charge on any atom is -0.496 e. The number of ether oxygens (including phenoxy) is 1. The first kappa shape index (κ1) is 20.1. The maximum absolute atomic E-state index is 12.3. The van der Waals surface area contributed by atoms with Crippen molar-refractivity contribution in [3.63, 3.8) is 0 Å². The molecular weight excluding hydrogens is 378 g/mol. The fraction of sp³-hybridized carbons (Fsp3) is 0.375. The average Bonchev–Trinajstić information content (AvgIpc) is 3.08. The zero-order valence-electron chi connectivity index (χ0n) is 17.8. The number of rotatable bonds is 4. The van der Waals surface area contributed by atoms with Gasteiger partial charge in [-0.1, -0.05) is 20.8 Å². The molecule has 0 bridgehead atoms. The van der Waals surface area contributed by atoms with E-state index in [2.05, 4.69) is 31.8 Å². The molecule has 1 aliphatic rings. The number of amides is 1. The van der Waals surface area contributed by atoms with E-state index in [9.17, 15) is 9.59 Å². The number of methoxy groups -OCH3 is 1. The first-order valence-corrected chi connectivity index (χ1v) is 10.2. The lowest BCUT2D eigenvalue weighted by molar-refractivity contribution is 0.0996. The molecule has 0 saturated heterocycles. The molecule has 1 amide bonds. The van der Waals surface area contributed by atoms with Crippen LogP contribution >= 0.6 is 0 Å². The van der Waals surface area contributed by atoms with E-state index in [1.165, 1.54) is 5.56 Å². The summed E-state index contributed by atoms with van der Waals surface area (Å²) in [6, 6.07) is 7.20. The van der Waals surface area contributed by atoms with Gasteiger partial charge in [0.15, 0.2) is 0 Å². The number of benzene rings is 1. The zero-order chi connectivity index (χ0) is 21.6. The smallest absolute Gasteiger partial charge is 0.265 e. The van der Waals surface area contributed by atoms with Crippen LogP contribution in [0, 0.1) is 11.3 Å². The van der Waals surface area contributed by atoms with E-state index >= 15 is 0 Å². The summed E-state index contributed by atoms with van der Waals surface area (Å²) < 4.78 is 5.51. The van der Waals surface area contributed by atoms with Crippen LogP contribution in [-0.4, -0.2) is 29.3 Å². The number of carbonyl (C=O) groups excluding carboxylic acids is 2. The number of hydrogen-bond acceptors (Lipinski definition) is 4. The Balaban J connectivity index is 1.95. The molecule has 1 aromatic carbocycles. The average molecular weight is 405 g/mol. The second-order valence-electron chi connectivity index (χ2n) is 9.11. The highest BCUT2D eigenvalue weighted by molar-refractivity contribution is 6.09. The van der Waals surface area contributed by atoms with Gasteiger partial charge in [-0.25, -0.2) is 0 Å². The lowest BCUT2D eigenvalue weighted by atomic mass is 9.71. The number of nitrogens with two attached hydrogens (primary N) is 1. The first-order chi connectivity index (χ1) is 14.2. The standard InChI is InChI=1S/C24H27N3O3/c1-24(2,3)15-6-7-17-14(10-15)11-18-21(26-17)20(22(27-18)23(25)29)16-9-13(12-28)5-8-19(16)30-4/h5,8-9,11-12,15,27H,6-7,10H2,1-4H3,(H2,25,29). The Morgan fingerprint density at radius 3 is 2.70 bits per heavy atom. The van der Waals surface area contributed by atoms with Crippen LogP contribution in [0.3, 0.4) is 0 Å². The van der Waals surface area contributed by atoms with Crippen molar-refractivity contribution in [1.82, 2.24) is 9.97 Å². The first-order valence-electron chi connectivity index (χ1n) is 10.2. The number of fused-ring (bicyclic) bond motifs is 2. The lowest BCUT2D eigenvalue weighted by Crippen LogP contribution is -2.27. The van der Waals surface area contributed by atoms with Gasteiger partial charge in [0.2, 0.25) is 0 Å². The Kier molecular flexibility index (Phi) is 4.88. The molecule has 0 fully saturated rings. The highest BCUT2D eigenvalue weighted by atomic mass is 16.5. The van der Waals surface area contributed by atoms with Crippen molar-refractivity contribution in [3.8, 4) is 16.9 Å². The predicted molar refractivity (Wildman–Crippen MR) is 117 cm³/mol. The van der Waals surface area contributed by atoms with E-state index in [4.69, 9.17) is 15.5 Å². The lowest BCUT2D eigenvalue weighted by Gasteiger charge is -2.34. The summed E-state index contributed by atoms with van der Waals surface area (Å²) in [7, 11) is 1.56. The number of nitrogens with one attached hydrogen (secondary N) is 1. The van der Waals surface area contributed by atoms with Gasteiger partial charge < -0.3 is 15.5 Å². The normalized spacial score (nSPS) is 16.3. The summed E-state index contributed by atoms with van der Waals surface area (Å²) in [6.45, 7) is 6.83. The van der Waals surface area contributed by atoms with Gasteiger partial charge in [0.05, 0.1) is 18.1 Å². The van der Waals surface area contributed by atoms with Gasteiger partial charge in [-0.3, -0.25) is 14.6 Å². The van der Waals surface area contributed by atoms with E-state index in [0.717, 1.165) is 36.8 Å². The third kappa shape index (κ3) is 3.36. The summed E-state index contributed by atoms with van der Waals surface area (Å²) in [6.07, 6.45) is 3.71. The van der Waals surface area contributed by atoms with Crippen LogP contribution in [0.25, 0.3) is 22.2 Å². The molecular formula is C24H27N3O3. The van der Waals surface area contributed by atoms with Crippen molar-refractivity contribution in [2.75, 3.05) is 7.11 Å². The molecule has 0 spiro atoms. The van der Waals surface area contributed by atoms with Gasteiger partial charge in [0, 0.05) is 22.4 Å². The van der Waals surface area contributed by atoms with E-state index < -0.39 is 5.91 Å². The Labute approximate surface area is 175 Å². The molecule has 156 valence electrons. The molecule has 0 saturated carbocycles. The van der Waals surface area contributed by atoms with Gasteiger partial charge in [-0.05, 0) is 60.4 Å². The molecule has 3 N–H and O–H groups in total. The van der Waals surface area contributed by atoms with Crippen LogP contribution in [0.1, 0.15) is 59.3 Å².